The van der Waals surface area contributed by atoms with E-state index in [4.69, 9.17) is 0 Å². The Labute approximate surface area is 166 Å². The molecule has 0 aliphatic carbocycles. The van der Waals surface area contributed by atoms with Crippen molar-refractivity contribution in [2.75, 3.05) is 26.2 Å². The molecule has 3 rings (SSSR count). The minimum absolute atomic E-state index is 0.236. The molecule has 1 aliphatic rings. The molecule has 0 atom stereocenters. The van der Waals surface area contributed by atoms with Gasteiger partial charge in [-0.05, 0) is 67.6 Å². The van der Waals surface area contributed by atoms with Crippen LogP contribution >= 0.6 is 31.9 Å². The van der Waals surface area contributed by atoms with E-state index >= 15 is 0 Å². The van der Waals surface area contributed by atoms with Crippen LogP contribution in [-0.2, 0) is 17.8 Å². The number of hydrogen-bond acceptors (Lipinski definition) is 2. The summed E-state index contributed by atoms with van der Waals surface area (Å²) in [6, 6.07) is 14.5. The van der Waals surface area contributed by atoms with Gasteiger partial charge in [0.2, 0.25) is 5.91 Å². The van der Waals surface area contributed by atoms with Crippen LogP contribution in [0.4, 0.5) is 0 Å². The maximum atomic E-state index is 12.6. The first kappa shape index (κ1) is 18.6. The molecule has 3 nitrogen and oxygen atoms in total. The molecule has 1 saturated heterocycles. The number of carbonyl (C=O) groups is 1. The molecule has 2 aromatic rings. The number of benzene rings is 2. The summed E-state index contributed by atoms with van der Waals surface area (Å²) in [5.41, 5.74) is 3.61. The van der Waals surface area contributed by atoms with Crippen molar-refractivity contribution in [3.63, 3.8) is 0 Å². The van der Waals surface area contributed by atoms with E-state index in [0.717, 1.165) is 47.2 Å². The number of halogens is 2. The molecule has 1 amide bonds. The number of carbonyl (C=O) groups excluding carboxylic acids is 1. The van der Waals surface area contributed by atoms with Gasteiger partial charge >= 0.3 is 0 Å². The van der Waals surface area contributed by atoms with Crippen molar-refractivity contribution in [2.45, 2.75) is 19.9 Å². The van der Waals surface area contributed by atoms with Crippen LogP contribution in [0.3, 0.4) is 0 Å². The van der Waals surface area contributed by atoms with Gasteiger partial charge < -0.3 is 4.90 Å². The molecule has 1 heterocycles. The highest BCUT2D eigenvalue weighted by atomic mass is 79.9. The van der Waals surface area contributed by atoms with E-state index in [9.17, 15) is 4.79 Å². The number of piperazine rings is 1. The molecule has 0 N–H and O–H groups in total. The van der Waals surface area contributed by atoms with Crippen LogP contribution in [0.1, 0.15) is 16.7 Å². The molecule has 0 spiro atoms. The first-order chi connectivity index (χ1) is 12.0. The zero-order valence-corrected chi connectivity index (χ0v) is 17.5. The van der Waals surface area contributed by atoms with E-state index in [1.807, 2.05) is 17.0 Å². The van der Waals surface area contributed by atoms with Crippen LogP contribution < -0.4 is 0 Å². The number of hydrogen-bond donors (Lipinski definition) is 0. The monoisotopic (exact) mass is 464 g/mol. The molecule has 1 fully saturated rings. The second kappa shape index (κ2) is 8.47. The first-order valence-corrected chi connectivity index (χ1v) is 10.1. The minimum Gasteiger partial charge on any atom is -0.340 e. The maximum absolute atomic E-state index is 12.6. The van der Waals surface area contributed by atoms with Crippen molar-refractivity contribution >= 4 is 37.8 Å². The van der Waals surface area contributed by atoms with Crippen LogP contribution in [0.5, 0.6) is 0 Å². The Bertz CT molecular complexity index is 755. The van der Waals surface area contributed by atoms with Crippen LogP contribution in [-0.4, -0.2) is 41.9 Å². The Balaban J connectivity index is 1.52. The molecule has 2 aromatic carbocycles. The lowest BCUT2D eigenvalue weighted by atomic mass is 10.1. The lowest BCUT2D eigenvalue weighted by Gasteiger charge is -2.35. The number of nitrogens with zero attached hydrogens (tertiary/aromatic N) is 2. The Morgan fingerprint density at radius 1 is 1.00 bits per heavy atom. The van der Waals surface area contributed by atoms with Crippen molar-refractivity contribution in [1.82, 2.24) is 9.80 Å². The minimum atomic E-state index is 0.236. The fraction of sp³-hybridized carbons (Fsp3) is 0.350. The molecular formula is C20H22Br2N2O. The molecule has 25 heavy (non-hydrogen) atoms. The van der Waals surface area contributed by atoms with Crippen molar-refractivity contribution in [3.8, 4) is 0 Å². The summed E-state index contributed by atoms with van der Waals surface area (Å²) in [6.45, 7) is 6.45. The fourth-order valence-electron chi connectivity index (χ4n) is 3.13. The summed E-state index contributed by atoms with van der Waals surface area (Å²) >= 11 is 7.06. The molecule has 5 heteroatoms. The fourth-order valence-corrected chi connectivity index (χ4v) is 3.81. The van der Waals surface area contributed by atoms with Gasteiger partial charge in [-0.25, -0.2) is 0 Å². The molecule has 132 valence electrons. The Kier molecular flexibility index (Phi) is 6.31. The highest BCUT2D eigenvalue weighted by molar-refractivity contribution is 9.13. The third kappa shape index (κ3) is 4.93. The van der Waals surface area contributed by atoms with E-state index in [-0.39, 0.29) is 5.91 Å². The highest BCUT2D eigenvalue weighted by Crippen LogP contribution is 2.24. The zero-order chi connectivity index (χ0) is 17.8. The third-order valence-electron chi connectivity index (χ3n) is 4.72. The van der Waals surface area contributed by atoms with Crippen molar-refractivity contribution < 1.29 is 4.79 Å². The summed E-state index contributed by atoms with van der Waals surface area (Å²) in [6.07, 6.45) is 0.506. The topological polar surface area (TPSA) is 23.6 Å². The van der Waals surface area contributed by atoms with Gasteiger partial charge in [0.15, 0.2) is 0 Å². The average molecular weight is 466 g/mol. The number of aryl methyl sites for hydroxylation is 1. The van der Waals surface area contributed by atoms with E-state index in [1.54, 1.807) is 0 Å². The Morgan fingerprint density at radius 3 is 2.40 bits per heavy atom. The quantitative estimate of drug-likeness (QED) is 0.667. The second-order valence-electron chi connectivity index (χ2n) is 6.51. The van der Waals surface area contributed by atoms with Gasteiger partial charge in [-0.15, -0.1) is 0 Å². The molecule has 0 saturated carbocycles. The molecule has 1 aliphatic heterocycles. The largest absolute Gasteiger partial charge is 0.340 e. The SMILES string of the molecule is Cc1ccccc1CC(=O)N1CCN(Cc2ccc(Br)c(Br)c2)CC1. The van der Waals surface area contributed by atoms with Crippen molar-refractivity contribution in [2.24, 2.45) is 0 Å². The summed E-state index contributed by atoms with van der Waals surface area (Å²) < 4.78 is 2.15. The predicted octanol–water partition coefficient (Wildman–Crippen LogP) is 4.41. The summed E-state index contributed by atoms with van der Waals surface area (Å²) in [7, 11) is 0. The average Bonchev–Trinajstić information content (AvgIpc) is 2.61. The van der Waals surface area contributed by atoms with Gasteiger partial charge in [0, 0.05) is 41.7 Å². The van der Waals surface area contributed by atoms with E-state index in [1.165, 1.54) is 11.1 Å². The second-order valence-corrected chi connectivity index (χ2v) is 8.22. The van der Waals surface area contributed by atoms with Gasteiger partial charge in [0.25, 0.3) is 0 Å². The first-order valence-electron chi connectivity index (χ1n) is 8.51. The Hall–Kier alpha value is -1.17. The van der Waals surface area contributed by atoms with Gasteiger partial charge in [-0.1, -0.05) is 30.3 Å². The summed E-state index contributed by atoms with van der Waals surface area (Å²) in [4.78, 5) is 17.0. The van der Waals surface area contributed by atoms with Gasteiger partial charge in [0.05, 0.1) is 6.42 Å². The van der Waals surface area contributed by atoms with Gasteiger partial charge in [0.1, 0.15) is 0 Å². The predicted molar refractivity (Wildman–Crippen MR) is 109 cm³/mol. The van der Waals surface area contributed by atoms with Crippen LogP contribution in [0.2, 0.25) is 0 Å². The number of rotatable bonds is 4. The van der Waals surface area contributed by atoms with Gasteiger partial charge in [-0.2, -0.15) is 0 Å². The molecule has 0 aromatic heterocycles. The molecule has 0 unspecified atom stereocenters. The molecule has 0 bridgehead atoms. The Morgan fingerprint density at radius 2 is 1.72 bits per heavy atom. The molecule has 0 radical (unpaired) electrons. The van der Waals surface area contributed by atoms with Crippen molar-refractivity contribution in [3.05, 3.63) is 68.1 Å². The number of amides is 1. The standard InChI is InChI=1S/C20H22Br2N2O/c1-15-4-2-3-5-17(15)13-20(25)24-10-8-23(9-11-24)14-16-6-7-18(21)19(22)12-16/h2-7,12H,8-11,13-14H2,1H3. The molecular weight excluding hydrogens is 444 g/mol. The summed E-state index contributed by atoms with van der Waals surface area (Å²) in [5, 5.41) is 0. The van der Waals surface area contributed by atoms with Crippen LogP contribution in [0, 0.1) is 6.92 Å². The lowest BCUT2D eigenvalue weighted by molar-refractivity contribution is -0.132. The highest BCUT2D eigenvalue weighted by Gasteiger charge is 2.21. The van der Waals surface area contributed by atoms with Gasteiger partial charge in [-0.3, -0.25) is 9.69 Å². The van der Waals surface area contributed by atoms with Crippen LogP contribution in [0.15, 0.2) is 51.4 Å². The zero-order valence-electron chi connectivity index (χ0n) is 14.3. The normalized spacial score (nSPS) is 15.4. The smallest absolute Gasteiger partial charge is 0.227 e. The maximum Gasteiger partial charge on any atom is 0.227 e. The van der Waals surface area contributed by atoms with E-state index < -0.39 is 0 Å². The third-order valence-corrected chi connectivity index (χ3v) is 6.60. The van der Waals surface area contributed by atoms with E-state index in [0.29, 0.717) is 6.42 Å². The van der Waals surface area contributed by atoms with E-state index in [2.05, 4.69) is 74.0 Å². The van der Waals surface area contributed by atoms with Crippen molar-refractivity contribution in [1.29, 1.82) is 0 Å². The van der Waals surface area contributed by atoms with Crippen LogP contribution in [0.25, 0.3) is 0 Å². The summed E-state index contributed by atoms with van der Waals surface area (Å²) in [5.74, 6) is 0.236. The lowest BCUT2D eigenvalue weighted by Crippen LogP contribution is -2.48.